The Morgan fingerprint density at radius 3 is 3.00 bits per heavy atom. The summed E-state index contributed by atoms with van der Waals surface area (Å²) in [5.74, 6) is -0.859. The number of benzene rings is 1. The van der Waals surface area contributed by atoms with Crippen LogP contribution in [0.1, 0.15) is 25.3 Å². The molecule has 5 heteroatoms. The predicted molar refractivity (Wildman–Crippen MR) is 65.4 cm³/mol. The summed E-state index contributed by atoms with van der Waals surface area (Å²) in [4.78, 5) is 12.1. The number of carbonyl (C=O) groups excluding carboxylic acids is 1. The van der Waals surface area contributed by atoms with Gasteiger partial charge in [-0.05, 0) is 38.4 Å². The van der Waals surface area contributed by atoms with Crippen molar-refractivity contribution in [3.63, 3.8) is 0 Å². The highest BCUT2D eigenvalue weighted by atomic mass is 19.1. The third kappa shape index (κ3) is 2.20. The summed E-state index contributed by atoms with van der Waals surface area (Å²) < 4.78 is 13.4. The van der Waals surface area contributed by atoms with Crippen LogP contribution in [0.2, 0.25) is 0 Å². The zero-order valence-corrected chi connectivity index (χ0v) is 10.1. The van der Waals surface area contributed by atoms with Crippen LogP contribution in [-0.2, 0) is 4.79 Å². The van der Waals surface area contributed by atoms with E-state index in [2.05, 4.69) is 10.6 Å². The van der Waals surface area contributed by atoms with Crippen molar-refractivity contribution in [2.45, 2.75) is 25.3 Å². The first kappa shape index (κ1) is 12.5. The number of hydrogen-bond acceptors (Lipinski definition) is 3. The highest BCUT2D eigenvalue weighted by Gasteiger charge is 2.36. The minimum atomic E-state index is -0.640. The van der Waals surface area contributed by atoms with Gasteiger partial charge >= 0.3 is 0 Å². The summed E-state index contributed by atoms with van der Waals surface area (Å²) in [6.07, 6.45) is 1.66. The van der Waals surface area contributed by atoms with E-state index >= 15 is 0 Å². The fraction of sp³-hybridized carbons (Fsp3) is 0.385. The van der Waals surface area contributed by atoms with Gasteiger partial charge < -0.3 is 10.6 Å². The van der Waals surface area contributed by atoms with E-state index in [0.717, 1.165) is 19.4 Å². The van der Waals surface area contributed by atoms with E-state index in [9.17, 15) is 9.18 Å². The summed E-state index contributed by atoms with van der Waals surface area (Å²) in [6, 6.07) is 5.95. The predicted octanol–water partition coefficient (Wildman–Crippen LogP) is 1.78. The van der Waals surface area contributed by atoms with E-state index in [0.29, 0.717) is 0 Å². The maximum atomic E-state index is 13.4. The Balaban J connectivity index is 2.22. The standard InChI is InChI=1S/C13H14FN3O/c1-13(6-3-7-16-13)12(18)17-11-5-2-4-10(14)9(11)8-15/h2,4-5,16H,3,6-7H2,1H3,(H,17,18). The van der Waals surface area contributed by atoms with Crippen molar-refractivity contribution in [2.75, 3.05) is 11.9 Å². The zero-order valence-electron chi connectivity index (χ0n) is 10.1. The van der Waals surface area contributed by atoms with Gasteiger partial charge in [0.15, 0.2) is 0 Å². The Labute approximate surface area is 105 Å². The van der Waals surface area contributed by atoms with E-state index < -0.39 is 11.4 Å². The highest BCUT2D eigenvalue weighted by molar-refractivity contribution is 5.99. The number of nitrogens with zero attached hydrogens (tertiary/aromatic N) is 1. The lowest BCUT2D eigenvalue weighted by Crippen LogP contribution is -2.48. The number of hydrogen-bond donors (Lipinski definition) is 2. The fourth-order valence-corrected chi connectivity index (χ4v) is 2.09. The van der Waals surface area contributed by atoms with Crippen LogP contribution in [0, 0.1) is 17.1 Å². The summed E-state index contributed by atoms with van der Waals surface area (Å²) in [5, 5.41) is 14.6. The molecule has 2 rings (SSSR count). The zero-order chi connectivity index (χ0) is 13.2. The topological polar surface area (TPSA) is 64.9 Å². The quantitative estimate of drug-likeness (QED) is 0.837. The molecule has 0 saturated carbocycles. The molecule has 0 aliphatic carbocycles. The van der Waals surface area contributed by atoms with E-state index in [1.165, 1.54) is 18.2 Å². The number of halogens is 1. The van der Waals surface area contributed by atoms with Crippen molar-refractivity contribution >= 4 is 11.6 Å². The van der Waals surface area contributed by atoms with Crippen molar-refractivity contribution in [2.24, 2.45) is 0 Å². The monoisotopic (exact) mass is 247 g/mol. The van der Waals surface area contributed by atoms with Gasteiger partial charge in [0.2, 0.25) is 5.91 Å². The first-order chi connectivity index (χ1) is 8.57. The van der Waals surface area contributed by atoms with Gasteiger partial charge in [0.05, 0.1) is 11.2 Å². The molecule has 1 aliphatic rings. The normalized spacial score (nSPS) is 22.5. The Kier molecular flexibility index (Phi) is 3.30. The molecule has 1 amide bonds. The molecule has 1 atom stereocenters. The molecule has 1 aromatic rings. The Hall–Kier alpha value is -1.93. The number of nitriles is 1. The van der Waals surface area contributed by atoms with E-state index in [-0.39, 0.29) is 17.2 Å². The van der Waals surface area contributed by atoms with Crippen LogP contribution in [0.4, 0.5) is 10.1 Å². The Morgan fingerprint density at radius 2 is 2.39 bits per heavy atom. The van der Waals surface area contributed by atoms with Gasteiger partial charge in [-0.3, -0.25) is 4.79 Å². The lowest BCUT2D eigenvalue weighted by Gasteiger charge is -2.23. The second kappa shape index (κ2) is 4.75. The van der Waals surface area contributed by atoms with Gasteiger partial charge in [-0.15, -0.1) is 0 Å². The molecule has 18 heavy (non-hydrogen) atoms. The molecule has 0 bridgehead atoms. The molecule has 1 unspecified atom stereocenters. The van der Waals surface area contributed by atoms with Gasteiger partial charge in [-0.25, -0.2) is 4.39 Å². The smallest absolute Gasteiger partial charge is 0.244 e. The highest BCUT2D eigenvalue weighted by Crippen LogP contribution is 2.23. The molecule has 1 heterocycles. The first-order valence-electron chi connectivity index (χ1n) is 5.82. The molecule has 0 radical (unpaired) electrons. The number of rotatable bonds is 2. The van der Waals surface area contributed by atoms with Gasteiger partial charge in [0.25, 0.3) is 0 Å². The largest absolute Gasteiger partial charge is 0.323 e. The van der Waals surface area contributed by atoms with Crippen LogP contribution in [0.5, 0.6) is 0 Å². The second-order valence-corrected chi connectivity index (χ2v) is 4.59. The maximum Gasteiger partial charge on any atom is 0.244 e. The molecule has 1 aromatic carbocycles. The maximum absolute atomic E-state index is 13.4. The summed E-state index contributed by atoms with van der Waals surface area (Å²) in [6.45, 7) is 2.60. The molecular formula is C13H14FN3O. The van der Waals surface area contributed by atoms with Crippen molar-refractivity contribution < 1.29 is 9.18 Å². The fourth-order valence-electron chi connectivity index (χ4n) is 2.09. The number of anilines is 1. The molecule has 4 nitrogen and oxygen atoms in total. The van der Waals surface area contributed by atoms with Crippen LogP contribution in [0.15, 0.2) is 18.2 Å². The van der Waals surface area contributed by atoms with Crippen molar-refractivity contribution in [1.29, 1.82) is 5.26 Å². The van der Waals surface area contributed by atoms with E-state index in [4.69, 9.17) is 5.26 Å². The lowest BCUT2D eigenvalue weighted by atomic mass is 9.99. The van der Waals surface area contributed by atoms with Crippen LogP contribution in [0.3, 0.4) is 0 Å². The SMILES string of the molecule is CC1(C(=O)Nc2cccc(F)c2C#N)CCCN1. The molecule has 1 fully saturated rings. The number of amides is 1. The molecular weight excluding hydrogens is 233 g/mol. The van der Waals surface area contributed by atoms with Crippen LogP contribution in [-0.4, -0.2) is 18.0 Å². The van der Waals surface area contributed by atoms with Crippen LogP contribution in [0.25, 0.3) is 0 Å². The second-order valence-electron chi connectivity index (χ2n) is 4.59. The number of nitrogens with one attached hydrogen (secondary N) is 2. The third-order valence-electron chi connectivity index (χ3n) is 3.24. The number of carbonyl (C=O) groups is 1. The van der Waals surface area contributed by atoms with Gasteiger partial charge in [0, 0.05) is 0 Å². The molecule has 1 saturated heterocycles. The van der Waals surface area contributed by atoms with Gasteiger partial charge in [0.1, 0.15) is 17.4 Å². The third-order valence-corrected chi connectivity index (χ3v) is 3.24. The minimum absolute atomic E-state index is 0.132. The van der Waals surface area contributed by atoms with Gasteiger partial charge in [-0.1, -0.05) is 6.07 Å². The Morgan fingerprint density at radius 1 is 1.61 bits per heavy atom. The van der Waals surface area contributed by atoms with Crippen molar-refractivity contribution in [3.8, 4) is 6.07 Å². The van der Waals surface area contributed by atoms with E-state index in [1.807, 2.05) is 0 Å². The summed E-state index contributed by atoms with van der Waals surface area (Å²) in [5.41, 5.74) is -0.552. The van der Waals surface area contributed by atoms with Crippen LogP contribution < -0.4 is 10.6 Å². The molecule has 1 aliphatic heterocycles. The molecule has 2 N–H and O–H groups in total. The summed E-state index contributed by atoms with van der Waals surface area (Å²) >= 11 is 0. The average Bonchev–Trinajstić information content (AvgIpc) is 2.78. The van der Waals surface area contributed by atoms with Crippen LogP contribution >= 0.6 is 0 Å². The minimum Gasteiger partial charge on any atom is -0.323 e. The van der Waals surface area contributed by atoms with Crippen molar-refractivity contribution in [3.05, 3.63) is 29.6 Å². The molecule has 0 spiro atoms. The Bertz CT molecular complexity index is 515. The van der Waals surface area contributed by atoms with Crippen molar-refractivity contribution in [1.82, 2.24) is 5.32 Å². The average molecular weight is 247 g/mol. The molecule has 0 aromatic heterocycles. The lowest BCUT2D eigenvalue weighted by molar-refractivity contribution is -0.121. The van der Waals surface area contributed by atoms with Gasteiger partial charge in [-0.2, -0.15) is 5.26 Å². The van der Waals surface area contributed by atoms with E-state index in [1.54, 1.807) is 13.0 Å². The molecule has 94 valence electrons. The summed E-state index contributed by atoms with van der Waals surface area (Å²) in [7, 11) is 0. The first-order valence-corrected chi connectivity index (χ1v) is 5.82.